The van der Waals surface area contributed by atoms with Gasteiger partial charge in [-0.1, -0.05) is 42.5 Å². The van der Waals surface area contributed by atoms with Crippen molar-refractivity contribution < 1.29 is 10.2 Å². The third-order valence-electron chi connectivity index (χ3n) is 3.01. The summed E-state index contributed by atoms with van der Waals surface area (Å²) >= 11 is 0. The molecular weight excluding hydrogens is 224 g/mol. The highest BCUT2D eigenvalue weighted by Gasteiger charge is 2.13. The molecule has 0 saturated heterocycles. The number of allylic oxidation sites excluding steroid dienone is 1. The quantitative estimate of drug-likeness (QED) is 0.630. The van der Waals surface area contributed by atoms with Crippen molar-refractivity contribution in [3.8, 4) is 11.5 Å². The van der Waals surface area contributed by atoms with E-state index in [-0.39, 0.29) is 17.4 Å². The third kappa shape index (κ3) is 2.54. The Kier molecular flexibility index (Phi) is 3.68. The van der Waals surface area contributed by atoms with Gasteiger partial charge >= 0.3 is 0 Å². The van der Waals surface area contributed by atoms with E-state index in [0.29, 0.717) is 0 Å². The van der Waals surface area contributed by atoms with Gasteiger partial charge in [-0.05, 0) is 29.7 Å². The van der Waals surface area contributed by atoms with Gasteiger partial charge < -0.3 is 10.2 Å². The fourth-order valence-electron chi connectivity index (χ4n) is 2.07. The van der Waals surface area contributed by atoms with Crippen LogP contribution in [0.15, 0.2) is 61.2 Å². The molecule has 0 heterocycles. The van der Waals surface area contributed by atoms with E-state index in [1.807, 2.05) is 30.3 Å². The smallest absolute Gasteiger partial charge is 0.157 e. The van der Waals surface area contributed by atoms with Gasteiger partial charge in [-0.25, -0.2) is 0 Å². The molecule has 2 heteroatoms. The maximum atomic E-state index is 9.59. The SMILES string of the molecule is C=CCC(c1ccccc1)c1ccc(O)c(O)c1. The number of phenols is 2. The Morgan fingerprint density at radius 1 is 0.944 bits per heavy atom. The highest BCUT2D eigenvalue weighted by molar-refractivity contribution is 5.44. The zero-order valence-corrected chi connectivity index (χ0v) is 10.1. The first-order valence-corrected chi connectivity index (χ1v) is 5.90. The maximum Gasteiger partial charge on any atom is 0.157 e. The van der Waals surface area contributed by atoms with Crippen molar-refractivity contribution in [1.82, 2.24) is 0 Å². The summed E-state index contributed by atoms with van der Waals surface area (Å²) in [4.78, 5) is 0. The largest absolute Gasteiger partial charge is 0.504 e. The van der Waals surface area contributed by atoms with E-state index < -0.39 is 0 Å². The molecule has 0 amide bonds. The van der Waals surface area contributed by atoms with Gasteiger partial charge in [0, 0.05) is 5.92 Å². The second-order valence-electron chi connectivity index (χ2n) is 4.24. The van der Waals surface area contributed by atoms with Crippen molar-refractivity contribution in [3.63, 3.8) is 0 Å². The minimum atomic E-state index is -0.0934. The summed E-state index contributed by atoms with van der Waals surface area (Å²) in [7, 11) is 0. The van der Waals surface area contributed by atoms with Crippen molar-refractivity contribution in [2.45, 2.75) is 12.3 Å². The second-order valence-corrected chi connectivity index (χ2v) is 4.24. The Hall–Kier alpha value is -2.22. The van der Waals surface area contributed by atoms with Gasteiger partial charge in [-0.15, -0.1) is 6.58 Å². The zero-order chi connectivity index (χ0) is 13.0. The van der Waals surface area contributed by atoms with E-state index in [1.165, 1.54) is 11.6 Å². The molecule has 1 unspecified atom stereocenters. The number of aromatic hydroxyl groups is 2. The molecule has 0 bridgehead atoms. The van der Waals surface area contributed by atoms with Gasteiger partial charge in [-0.3, -0.25) is 0 Å². The molecule has 2 aromatic rings. The van der Waals surface area contributed by atoms with Crippen LogP contribution < -0.4 is 0 Å². The average molecular weight is 240 g/mol. The molecule has 2 nitrogen and oxygen atoms in total. The van der Waals surface area contributed by atoms with Crippen molar-refractivity contribution in [3.05, 3.63) is 72.3 Å². The normalized spacial score (nSPS) is 12.0. The lowest BCUT2D eigenvalue weighted by Crippen LogP contribution is -1.99. The lowest BCUT2D eigenvalue weighted by molar-refractivity contribution is 0.403. The summed E-state index contributed by atoms with van der Waals surface area (Å²) in [5.41, 5.74) is 2.14. The summed E-state index contributed by atoms with van der Waals surface area (Å²) in [5.74, 6) is -0.0307. The van der Waals surface area contributed by atoms with Crippen molar-refractivity contribution in [2.24, 2.45) is 0 Å². The summed E-state index contributed by atoms with van der Waals surface area (Å²) in [5, 5.41) is 18.9. The van der Waals surface area contributed by atoms with Crippen LogP contribution in [0.25, 0.3) is 0 Å². The van der Waals surface area contributed by atoms with E-state index >= 15 is 0 Å². The Morgan fingerprint density at radius 2 is 1.67 bits per heavy atom. The topological polar surface area (TPSA) is 40.5 Å². The molecule has 92 valence electrons. The lowest BCUT2D eigenvalue weighted by atomic mass is 9.88. The molecule has 0 fully saturated rings. The van der Waals surface area contributed by atoms with Crippen LogP contribution in [0.3, 0.4) is 0 Å². The predicted octanol–water partition coefficient (Wildman–Crippen LogP) is 3.81. The molecule has 0 spiro atoms. The van der Waals surface area contributed by atoms with Crippen LogP contribution in [0.2, 0.25) is 0 Å². The predicted molar refractivity (Wildman–Crippen MR) is 72.9 cm³/mol. The number of hydrogen-bond donors (Lipinski definition) is 2. The minimum absolute atomic E-state index is 0.0857. The van der Waals surface area contributed by atoms with Crippen molar-refractivity contribution in [1.29, 1.82) is 0 Å². The van der Waals surface area contributed by atoms with Gasteiger partial charge in [0.1, 0.15) is 0 Å². The molecule has 2 aromatic carbocycles. The van der Waals surface area contributed by atoms with Crippen LogP contribution in [0, 0.1) is 0 Å². The Morgan fingerprint density at radius 3 is 2.28 bits per heavy atom. The highest BCUT2D eigenvalue weighted by Crippen LogP contribution is 2.33. The maximum absolute atomic E-state index is 9.59. The molecule has 18 heavy (non-hydrogen) atoms. The molecule has 1 atom stereocenters. The fourth-order valence-corrected chi connectivity index (χ4v) is 2.07. The summed E-state index contributed by atoms with van der Waals surface area (Å²) < 4.78 is 0. The van der Waals surface area contributed by atoms with Gasteiger partial charge in [0.05, 0.1) is 0 Å². The molecule has 0 aliphatic heterocycles. The molecule has 0 saturated carbocycles. The highest BCUT2D eigenvalue weighted by atomic mass is 16.3. The zero-order valence-electron chi connectivity index (χ0n) is 10.1. The second kappa shape index (κ2) is 5.41. The van der Waals surface area contributed by atoms with E-state index in [9.17, 15) is 10.2 Å². The number of benzene rings is 2. The van der Waals surface area contributed by atoms with Crippen molar-refractivity contribution in [2.75, 3.05) is 0 Å². The fraction of sp³-hybridized carbons (Fsp3) is 0.125. The molecule has 0 aromatic heterocycles. The number of rotatable bonds is 4. The molecule has 0 aliphatic rings. The number of phenolic OH excluding ortho intramolecular Hbond substituents is 2. The standard InChI is InChI=1S/C16H16O2/c1-2-6-14(12-7-4-3-5-8-12)13-9-10-15(17)16(18)11-13/h2-5,7-11,14,17-18H,1,6H2. The minimum Gasteiger partial charge on any atom is -0.504 e. The van der Waals surface area contributed by atoms with Gasteiger partial charge in [0.15, 0.2) is 11.5 Å². The average Bonchev–Trinajstić information content (AvgIpc) is 2.40. The Labute approximate surface area is 107 Å². The van der Waals surface area contributed by atoms with Gasteiger partial charge in [0.25, 0.3) is 0 Å². The van der Waals surface area contributed by atoms with Crippen LogP contribution in [-0.4, -0.2) is 10.2 Å². The first-order chi connectivity index (χ1) is 8.72. The first-order valence-electron chi connectivity index (χ1n) is 5.90. The summed E-state index contributed by atoms with van der Waals surface area (Å²) in [6.07, 6.45) is 2.65. The molecule has 0 radical (unpaired) electrons. The van der Waals surface area contributed by atoms with Crippen molar-refractivity contribution >= 4 is 0 Å². The molecular formula is C16H16O2. The molecule has 2 rings (SSSR count). The van der Waals surface area contributed by atoms with Gasteiger partial charge in [-0.2, -0.15) is 0 Å². The number of hydrogen-bond acceptors (Lipinski definition) is 2. The third-order valence-corrected chi connectivity index (χ3v) is 3.01. The lowest BCUT2D eigenvalue weighted by Gasteiger charge is -2.16. The first kappa shape index (κ1) is 12.2. The molecule has 2 N–H and O–H groups in total. The summed E-state index contributed by atoms with van der Waals surface area (Å²) in [6, 6.07) is 15.0. The van der Waals surface area contributed by atoms with Crippen LogP contribution in [-0.2, 0) is 0 Å². The monoisotopic (exact) mass is 240 g/mol. The van der Waals surface area contributed by atoms with Crippen LogP contribution in [0.5, 0.6) is 11.5 Å². The summed E-state index contributed by atoms with van der Waals surface area (Å²) in [6.45, 7) is 3.78. The van der Waals surface area contributed by atoms with E-state index in [0.717, 1.165) is 12.0 Å². The van der Waals surface area contributed by atoms with E-state index in [1.54, 1.807) is 6.07 Å². The Balaban J connectivity index is 2.41. The van der Waals surface area contributed by atoms with E-state index in [4.69, 9.17) is 0 Å². The Bertz CT molecular complexity index is 532. The van der Waals surface area contributed by atoms with Crippen LogP contribution in [0.4, 0.5) is 0 Å². The van der Waals surface area contributed by atoms with E-state index in [2.05, 4.69) is 18.7 Å². The van der Waals surface area contributed by atoms with Crippen LogP contribution in [0.1, 0.15) is 23.5 Å². The molecule has 0 aliphatic carbocycles. The van der Waals surface area contributed by atoms with Gasteiger partial charge in [0.2, 0.25) is 0 Å². The van der Waals surface area contributed by atoms with Crippen LogP contribution >= 0.6 is 0 Å².